The maximum Gasteiger partial charge on any atom is 0.303 e. The fraction of sp³-hybridized carbons (Fsp3) is 0.222. The third kappa shape index (κ3) is 4.47. The Morgan fingerprint density at radius 1 is 1.21 bits per heavy atom. The van der Waals surface area contributed by atoms with Gasteiger partial charge in [0.05, 0.1) is 24.9 Å². The van der Waals surface area contributed by atoms with Crippen LogP contribution in [0.3, 0.4) is 0 Å². The minimum atomic E-state index is -1.02. The van der Waals surface area contributed by atoms with E-state index in [2.05, 4.69) is 25.3 Å². The third-order valence-electron chi connectivity index (χ3n) is 3.68. The molecule has 0 aliphatic carbocycles. The standard InChI is InChI=1S/C18H18N6O4/c1-2-28-17-15-16(23-18(19)24-17)20-9-12(22-15)10-4-3-5-11(8-10)21-13(25)6-7-14(26)27/h3-5,8-9H,2,6-7H2,1H3,(H,21,25)(H,26,27)(H2,19,20,23,24). The summed E-state index contributed by atoms with van der Waals surface area (Å²) in [6.45, 7) is 2.20. The molecule has 0 fully saturated rings. The summed E-state index contributed by atoms with van der Waals surface area (Å²) in [6.07, 6.45) is 1.20. The molecule has 1 aromatic carbocycles. The van der Waals surface area contributed by atoms with Gasteiger partial charge in [-0.05, 0) is 19.1 Å². The van der Waals surface area contributed by atoms with E-state index in [0.29, 0.717) is 34.7 Å². The summed E-state index contributed by atoms with van der Waals surface area (Å²) in [4.78, 5) is 39.3. The van der Waals surface area contributed by atoms with Crippen LogP contribution >= 0.6 is 0 Å². The zero-order valence-electron chi connectivity index (χ0n) is 15.0. The SMILES string of the molecule is CCOc1nc(N)nc2ncc(-c3cccc(NC(=O)CCC(=O)O)c3)nc12. The summed E-state index contributed by atoms with van der Waals surface area (Å²) in [7, 11) is 0. The number of amides is 1. The number of aromatic nitrogens is 4. The van der Waals surface area contributed by atoms with Crippen LogP contribution in [0.1, 0.15) is 19.8 Å². The van der Waals surface area contributed by atoms with Crippen LogP contribution < -0.4 is 15.8 Å². The van der Waals surface area contributed by atoms with Crippen molar-refractivity contribution in [3.8, 4) is 17.1 Å². The number of fused-ring (bicyclic) bond motifs is 1. The molecule has 144 valence electrons. The lowest BCUT2D eigenvalue weighted by molar-refractivity contribution is -0.138. The Kier molecular flexibility index (Phi) is 5.58. The lowest BCUT2D eigenvalue weighted by Gasteiger charge is -2.09. The number of carboxylic acid groups (broad SMARTS) is 1. The highest BCUT2D eigenvalue weighted by molar-refractivity contribution is 5.93. The molecule has 2 aromatic heterocycles. The van der Waals surface area contributed by atoms with Gasteiger partial charge in [0.15, 0.2) is 11.2 Å². The molecule has 1 amide bonds. The molecule has 3 aromatic rings. The molecule has 0 aliphatic rings. The number of nitrogen functional groups attached to an aromatic ring is 1. The second-order valence-corrected chi connectivity index (χ2v) is 5.77. The Balaban J connectivity index is 1.90. The van der Waals surface area contributed by atoms with Gasteiger partial charge in [-0.3, -0.25) is 9.59 Å². The number of nitrogens with one attached hydrogen (secondary N) is 1. The van der Waals surface area contributed by atoms with E-state index in [4.69, 9.17) is 15.6 Å². The predicted octanol–water partition coefficient (Wildman–Crippen LogP) is 1.87. The molecule has 0 unspecified atom stereocenters. The largest absolute Gasteiger partial charge is 0.481 e. The van der Waals surface area contributed by atoms with Crippen LogP contribution in [-0.4, -0.2) is 43.5 Å². The molecule has 0 saturated heterocycles. The number of anilines is 2. The average molecular weight is 382 g/mol. The number of carboxylic acids is 1. The molecule has 2 heterocycles. The van der Waals surface area contributed by atoms with Crippen LogP contribution in [0.15, 0.2) is 30.5 Å². The Hall–Kier alpha value is -3.82. The first kappa shape index (κ1) is 19.0. The molecule has 0 saturated carbocycles. The number of aliphatic carboxylic acids is 1. The van der Waals surface area contributed by atoms with Gasteiger partial charge in [-0.1, -0.05) is 12.1 Å². The molecule has 0 atom stereocenters. The van der Waals surface area contributed by atoms with E-state index in [9.17, 15) is 9.59 Å². The number of carbonyl (C=O) groups is 2. The second kappa shape index (κ2) is 8.25. The maximum atomic E-state index is 11.8. The van der Waals surface area contributed by atoms with Crippen molar-refractivity contribution in [2.24, 2.45) is 0 Å². The molecule has 0 radical (unpaired) electrons. The number of hydrogen-bond donors (Lipinski definition) is 3. The number of nitrogens with two attached hydrogens (primary N) is 1. The van der Waals surface area contributed by atoms with E-state index in [1.165, 1.54) is 6.20 Å². The zero-order chi connectivity index (χ0) is 20.1. The van der Waals surface area contributed by atoms with Gasteiger partial charge in [-0.15, -0.1) is 0 Å². The molecule has 0 aliphatic heterocycles. The quantitative estimate of drug-likeness (QED) is 0.555. The molecule has 0 bridgehead atoms. The van der Waals surface area contributed by atoms with Crippen molar-refractivity contribution >= 4 is 34.7 Å². The van der Waals surface area contributed by atoms with Gasteiger partial charge in [0.1, 0.15) is 0 Å². The summed E-state index contributed by atoms with van der Waals surface area (Å²) >= 11 is 0. The average Bonchev–Trinajstić information content (AvgIpc) is 2.66. The van der Waals surface area contributed by atoms with Crippen LogP contribution in [0, 0.1) is 0 Å². The highest BCUT2D eigenvalue weighted by Gasteiger charge is 2.13. The number of nitrogens with zero attached hydrogens (tertiary/aromatic N) is 4. The second-order valence-electron chi connectivity index (χ2n) is 5.77. The molecule has 3 rings (SSSR count). The van der Waals surface area contributed by atoms with Crippen LogP contribution in [0.5, 0.6) is 5.88 Å². The summed E-state index contributed by atoms with van der Waals surface area (Å²) in [5.74, 6) is -1.11. The number of ether oxygens (including phenoxy) is 1. The Bertz CT molecular complexity index is 1040. The highest BCUT2D eigenvalue weighted by atomic mass is 16.5. The van der Waals surface area contributed by atoms with Crippen molar-refractivity contribution < 1.29 is 19.4 Å². The number of benzene rings is 1. The van der Waals surface area contributed by atoms with E-state index >= 15 is 0 Å². The third-order valence-corrected chi connectivity index (χ3v) is 3.68. The van der Waals surface area contributed by atoms with Gasteiger partial charge < -0.3 is 20.9 Å². The first-order valence-electron chi connectivity index (χ1n) is 8.51. The topological polar surface area (TPSA) is 153 Å². The van der Waals surface area contributed by atoms with Crippen molar-refractivity contribution in [1.29, 1.82) is 0 Å². The molecule has 0 spiro atoms. The van der Waals surface area contributed by atoms with Gasteiger partial charge in [-0.2, -0.15) is 9.97 Å². The minimum absolute atomic E-state index is 0.0454. The van der Waals surface area contributed by atoms with Crippen LogP contribution in [-0.2, 0) is 9.59 Å². The lowest BCUT2D eigenvalue weighted by Crippen LogP contribution is -2.13. The number of rotatable bonds is 7. The van der Waals surface area contributed by atoms with Crippen molar-refractivity contribution in [3.05, 3.63) is 30.5 Å². The number of hydrogen-bond acceptors (Lipinski definition) is 8. The molecule has 28 heavy (non-hydrogen) atoms. The Morgan fingerprint density at radius 2 is 2.04 bits per heavy atom. The summed E-state index contributed by atoms with van der Waals surface area (Å²) in [5.41, 5.74) is 8.11. The molecule has 4 N–H and O–H groups in total. The zero-order valence-corrected chi connectivity index (χ0v) is 15.0. The van der Waals surface area contributed by atoms with Gasteiger partial charge in [0.25, 0.3) is 0 Å². The van der Waals surface area contributed by atoms with Crippen molar-refractivity contribution in [2.75, 3.05) is 17.7 Å². The van der Waals surface area contributed by atoms with Crippen molar-refractivity contribution in [2.45, 2.75) is 19.8 Å². The van der Waals surface area contributed by atoms with Crippen molar-refractivity contribution in [1.82, 2.24) is 19.9 Å². The van der Waals surface area contributed by atoms with E-state index in [1.54, 1.807) is 24.3 Å². The predicted molar refractivity (Wildman–Crippen MR) is 102 cm³/mol. The summed E-state index contributed by atoms with van der Waals surface area (Å²) < 4.78 is 5.47. The van der Waals surface area contributed by atoms with E-state index in [1.807, 2.05) is 6.92 Å². The first-order chi connectivity index (χ1) is 13.5. The van der Waals surface area contributed by atoms with Crippen LogP contribution in [0.4, 0.5) is 11.6 Å². The molecule has 10 nitrogen and oxygen atoms in total. The summed E-state index contributed by atoms with van der Waals surface area (Å²) in [5, 5.41) is 11.3. The number of carbonyl (C=O) groups excluding carboxylic acids is 1. The highest BCUT2D eigenvalue weighted by Crippen LogP contribution is 2.25. The van der Waals surface area contributed by atoms with Crippen molar-refractivity contribution in [3.63, 3.8) is 0 Å². The maximum absolute atomic E-state index is 11.8. The van der Waals surface area contributed by atoms with Gasteiger partial charge in [0.2, 0.25) is 17.7 Å². The normalized spacial score (nSPS) is 10.6. The minimum Gasteiger partial charge on any atom is -0.481 e. The summed E-state index contributed by atoms with van der Waals surface area (Å²) in [6, 6.07) is 6.97. The van der Waals surface area contributed by atoms with Crippen LogP contribution in [0.25, 0.3) is 22.4 Å². The molecular weight excluding hydrogens is 364 g/mol. The molecule has 10 heteroatoms. The van der Waals surface area contributed by atoms with Gasteiger partial charge in [0, 0.05) is 17.7 Å². The lowest BCUT2D eigenvalue weighted by atomic mass is 10.1. The van der Waals surface area contributed by atoms with E-state index in [0.717, 1.165) is 0 Å². The van der Waals surface area contributed by atoms with Gasteiger partial charge >= 0.3 is 5.97 Å². The van der Waals surface area contributed by atoms with E-state index in [-0.39, 0.29) is 30.6 Å². The molecular formula is C18H18N6O4. The Morgan fingerprint density at radius 3 is 2.79 bits per heavy atom. The fourth-order valence-corrected chi connectivity index (χ4v) is 2.48. The smallest absolute Gasteiger partial charge is 0.303 e. The van der Waals surface area contributed by atoms with Crippen LogP contribution in [0.2, 0.25) is 0 Å². The monoisotopic (exact) mass is 382 g/mol. The first-order valence-corrected chi connectivity index (χ1v) is 8.51. The van der Waals surface area contributed by atoms with E-state index < -0.39 is 5.97 Å². The van der Waals surface area contributed by atoms with Gasteiger partial charge in [-0.25, -0.2) is 9.97 Å². The Labute approximate surface area is 159 Å². The fourth-order valence-electron chi connectivity index (χ4n) is 2.48.